The van der Waals surface area contributed by atoms with Crippen molar-refractivity contribution in [2.24, 2.45) is 0 Å². The van der Waals surface area contributed by atoms with Gasteiger partial charge in [0.25, 0.3) is 0 Å². The number of halogens is 1. The number of fused-ring (bicyclic) bond motifs is 1. The minimum Gasteiger partial charge on any atom is -0.489 e. The maximum Gasteiger partial charge on any atom is 0.142 e. The molecule has 86 valence electrons. The van der Waals surface area contributed by atoms with Crippen LogP contribution in [0.3, 0.4) is 0 Å². The van der Waals surface area contributed by atoms with Crippen molar-refractivity contribution in [1.82, 2.24) is 0 Å². The summed E-state index contributed by atoms with van der Waals surface area (Å²) in [5.41, 5.74) is 2.18. The number of anilines is 1. The van der Waals surface area contributed by atoms with E-state index in [0.29, 0.717) is 11.6 Å². The van der Waals surface area contributed by atoms with E-state index >= 15 is 0 Å². The van der Waals surface area contributed by atoms with E-state index < -0.39 is 0 Å². The molecule has 3 rings (SSSR count). The van der Waals surface area contributed by atoms with Crippen molar-refractivity contribution in [3.63, 3.8) is 0 Å². The third-order valence-electron chi connectivity index (χ3n) is 2.88. The molecule has 1 aliphatic rings. The van der Waals surface area contributed by atoms with Crippen molar-refractivity contribution < 1.29 is 4.74 Å². The van der Waals surface area contributed by atoms with E-state index in [4.69, 9.17) is 16.3 Å². The zero-order valence-corrected chi connectivity index (χ0v) is 9.95. The third kappa shape index (κ3) is 2.08. The lowest BCUT2D eigenvalue weighted by Gasteiger charge is -2.27. The van der Waals surface area contributed by atoms with Crippen molar-refractivity contribution in [3.8, 4) is 5.75 Å². The first-order valence-corrected chi connectivity index (χ1v) is 5.94. The number of hydrogen-bond acceptors (Lipinski definition) is 2. The maximum atomic E-state index is 5.97. The molecule has 0 radical (unpaired) electrons. The summed E-state index contributed by atoms with van der Waals surface area (Å²) in [7, 11) is 0. The Hall–Kier alpha value is -1.67. The molecule has 0 spiro atoms. The summed E-state index contributed by atoms with van der Waals surface area (Å²) in [5, 5.41) is 4.16. The highest BCUT2D eigenvalue weighted by Crippen LogP contribution is 2.35. The summed E-state index contributed by atoms with van der Waals surface area (Å²) in [4.78, 5) is 0. The summed E-state index contributed by atoms with van der Waals surface area (Å²) in [6.07, 6.45) is 0. The fraction of sp³-hybridized carbons (Fsp3) is 0.143. The number of hydrogen-bond donors (Lipinski definition) is 1. The van der Waals surface area contributed by atoms with Crippen molar-refractivity contribution in [3.05, 3.63) is 59.1 Å². The lowest BCUT2D eigenvalue weighted by Crippen LogP contribution is -2.23. The molecule has 2 nitrogen and oxygen atoms in total. The smallest absolute Gasteiger partial charge is 0.142 e. The van der Waals surface area contributed by atoms with Crippen molar-refractivity contribution >= 4 is 17.3 Å². The highest BCUT2D eigenvalue weighted by Gasteiger charge is 2.19. The Balaban J connectivity index is 1.90. The Morgan fingerprint density at radius 2 is 1.94 bits per heavy atom. The molecular formula is C14H12ClNO. The zero-order chi connectivity index (χ0) is 11.7. The van der Waals surface area contributed by atoms with Crippen LogP contribution < -0.4 is 10.1 Å². The monoisotopic (exact) mass is 245 g/mol. The van der Waals surface area contributed by atoms with Crippen LogP contribution in [0.4, 0.5) is 5.69 Å². The second-order valence-corrected chi connectivity index (χ2v) is 4.50. The lowest BCUT2D eigenvalue weighted by molar-refractivity contribution is 0.286. The van der Waals surface area contributed by atoms with E-state index in [-0.39, 0.29) is 6.04 Å². The number of rotatable bonds is 1. The molecule has 1 heterocycles. The van der Waals surface area contributed by atoms with E-state index in [9.17, 15) is 0 Å². The highest BCUT2D eigenvalue weighted by atomic mass is 35.5. The molecular weight excluding hydrogens is 234 g/mol. The molecule has 3 heteroatoms. The van der Waals surface area contributed by atoms with Gasteiger partial charge in [0, 0.05) is 5.02 Å². The van der Waals surface area contributed by atoms with Gasteiger partial charge in [0.05, 0.1) is 11.7 Å². The Bertz CT molecular complexity index is 527. The Labute approximate surface area is 105 Å². The predicted octanol–water partition coefficient (Wildman–Crippen LogP) is 3.89. The second kappa shape index (κ2) is 4.30. The molecule has 17 heavy (non-hydrogen) atoms. The average molecular weight is 246 g/mol. The van der Waals surface area contributed by atoms with Gasteiger partial charge in [-0.15, -0.1) is 0 Å². The van der Waals surface area contributed by atoms with Crippen molar-refractivity contribution in [2.75, 3.05) is 11.9 Å². The highest BCUT2D eigenvalue weighted by molar-refractivity contribution is 6.30. The molecule has 0 aliphatic carbocycles. The quantitative estimate of drug-likeness (QED) is 0.823. The minimum absolute atomic E-state index is 0.183. The van der Waals surface area contributed by atoms with Crippen LogP contribution in [0.1, 0.15) is 11.6 Å². The SMILES string of the molecule is Clc1ccc2c(c1)N[C@H](c1ccccc1)CO2. The number of benzene rings is 2. The molecule has 0 unspecified atom stereocenters. The van der Waals surface area contributed by atoms with Crippen molar-refractivity contribution in [2.45, 2.75) is 6.04 Å². The average Bonchev–Trinajstić information content (AvgIpc) is 2.39. The van der Waals surface area contributed by atoms with E-state index in [0.717, 1.165) is 11.4 Å². The van der Waals surface area contributed by atoms with E-state index in [1.54, 1.807) is 0 Å². The van der Waals surface area contributed by atoms with Gasteiger partial charge in [-0.25, -0.2) is 0 Å². The summed E-state index contributed by atoms with van der Waals surface area (Å²) >= 11 is 5.97. The molecule has 0 fully saturated rings. The fourth-order valence-electron chi connectivity index (χ4n) is 2.01. The summed E-state index contributed by atoms with van der Waals surface area (Å²) in [6, 6.07) is 16.1. The second-order valence-electron chi connectivity index (χ2n) is 4.06. The third-order valence-corrected chi connectivity index (χ3v) is 3.11. The summed E-state index contributed by atoms with van der Waals surface area (Å²) < 4.78 is 5.72. The minimum atomic E-state index is 0.183. The van der Waals surface area contributed by atoms with Gasteiger partial charge in [0.15, 0.2) is 0 Å². The Kier molecular flexibility index (Phi) is 2.65. The van der Waals surface area contributed by atoms with E-state index in [2.05, 4.69) is 17.4 Å². The standard InChI is InChI=1S/C14H12ClNO/c15-11-6-7-14-12(8-11)16-13(9-17-14)10-4-2-1-3-5-10/h1-8,13,16H,9H2/t13-/m0/s1. The summed E-state index contributed by atoms with van der Waals surface area (Å²) in [5.74, 6) is 0.863. The molecule has 0 saturated carbocycles. The maximum absolute atomic E-state index is 5.97. The number of nitrogens with one attached hydrogen (secondary N) is 1. The van der Waals surface area contributed by atoms with Gasteiger partial charge < -0.3 is 10.1 Å². The Morgan fingerprint density at radius 3 is 2.76 bits per heavy atom. The molecule has 0 saturated heterocycles. The largest absolute Gasteiger partial charge is 0.489 e. The first-order chi connectivity index (χ1) is 8.33. The predicted molar refractivity (Wildman–Crippen MR) is 69.8 cm³/mol. The van der Waals surface area contributed by atoms with Gasteiger partial charge in [0.1, 0.15) is 12.4 Å². The molecule has 2 aromatic carbocycles. The normalized spacial score (nSPS) is 17.8. The molecule has 0 bridgehead atoms. The van der Waals surface area contributed by atoms with Crippen LogP contribution >= 0.6 is 11.6 Å². The van der Waals surface area contributed by atoms with Crippen LogP contribution in [0.2, 0.25) is 5.02 Å². The van der Waals surface area contributed by atoms with Gasteiger partial charge in [-0.05, 0) is 23.8 Å². The van der Waals surface area contributed by atoms with E-state index in [1.807, 2.05) is 36.4 Å². The van der Waals surface area contributed by atoms with Crippen LogP contribution in [0.5, 0.6) is 5.75 Å². The van der Waals surface area contributed by atoms with Gasteiger partial charge in [-0.2, -0.15) is 0 Å². The lowest BCUT2D eigenvalue weighted by atomic mass is 10.1. The topological polar surface area (TPSA) is 21.3 Å². The van der Waals surface area contributed by atoms with Crippen LogP contribution in [0, 0.1) is 0 Å². The van der Waals surface area contributed by atoms with Gasteiger partial charge in [0.2, 0.25) is 0 Å². The molecule has 0 aromatic heterocycles. The van der Waals surface area contributed by atoms with Gasteiger partial charge in [-0.1, -0.05) is 41.9 Å². The first-order valence-electron chi connectivity index (χ1n) is 5.57. The first kappa shape index (κ1) is 10.5. The van der Waals surface area contributed by atoms with Crippen LogP contribution in [0.15, 0.2) is 48.5 Å². The Morgan fingerprint density at radius 1 is 1.12 bits per heavy atom. The van der Waals surface area contributed by atoms with E-state index in [1.165, 1.54) is 5.56 Å². The van der Waals surface area contributed by atoms with Crippen LogP contribution in [0.25, 0.3) is 0 Å². The fourth-order valence-corrected chi connectivity index (χ4v) is 2.18. The number of ether oxygens (including phenoxy) is 1. The molecule has 2 aromatic rings. The van der Waals surface area contributed by atoms with Crippen LogP contribution in [-0.2, 0) is 0 Å². The van der Waals surface area contributed by atoms with Crippen LogP contribution in [-0.4, -0.2) is 6.61 Å². The van der Waals surface area contributed by atoms with Gasteiger partial charge in [-0.3, -0.25) is 0 Å². The molecule has 1 atom stereocenters. The summed E-state index contributed by atoms with van der Waals surface area (Å²) in [6.45, 7) is 0.638. The zero-order valence-electron chi connectivity index (χ0n) is 9.19. The van der Waals surface area contributed by atoms with Gasteiger partial charge >= 0.3 is 0 Å². The molecule has 0 amide bonds. The molecule has 1 N–H and O–H groups in total. The molecule has 1 aliphatic heterocycles. The van der Waals surface area contributed by atoms with Crippen molar-refractivity contribution in [1.29, 1.82) is 0 Å².